The van der Waals surface area contributed by atoms with Gasteiger partial charge in [-0.1, -0.05) is 13.8 Å². The first-order valence-electron chi connectivity index (χ1n) is 5.74. The monoisotopic (exact) mass is 233 g/mol. The molecule has 0 aromatic heterocycles. The topological polar surface area (TPSA) is 82.1 Å². The SMILES string of the molecule is CC(C)CC(O)CNc1ccc(C#N)cc1N. The van der Waals surface area contributed by atoms with Crippen molar-refractivity contribution in [2.45, 2.75) is 26.4 Å². The lowest BCUT2D eigenvalue weighted by molar-refractivity contribution is 0.161. The molecule has 0 fully saturated rings. The van der Waals surface area contributed by atoms with E-state index in [1.807, 2.05) is 6.07 Å². The van der Waals surface area contributed by atoms with Crippen molar-refractivity contribution in [3.05, 3.63) is 23.8 Å². The molecule has 4 nitrogen and oxygen atoms in total. The molecule has 0 bridgehead atoms. The quantitative estimate of drug-likeness (QED) is 0.679. The van der Waals surface area contributed by atoms with Gasteiger partial charge in [-0.25, -0.2) is 0 Å². The molecule has 17 heavy (non-hydrogen) atoms. The second-order valence-corrected chi connectivity index (χ2v) is 4.58. The number of anilines is 2. The van der Waals surface area contributed by atoms with Gasteiger partial charge in [0.15, 0.2) is 0 Å². The van der Waals surface area contributed by atoms with E-state index in [4.69, 9.17) is 11.0 Å². The summed E-state index contributed by atoms with van der Waals surface area (Å²) in [5.41, 5.74) is 7.61. The molecule has 4 heteroatoms. The summed E-state index contributed by atoms with van der Waals surface area (Å²) in [6, 6.07) is 7.11. The first-order chi connectivity index (χ1) is 8.02. The summed E-state index contributed by atoms with van der Waals surface area (Å²) in [5, 5.41) is 21.5. The Morgan fingerprint density at radius 2 is 2.18 bits per heavy atom. The maximum Gasteiger partial charge on any atom is 0.0992 e. The smallest absolute Gasteiger partial charge is 0.0992 e. The number of nitrogens with two attached hydrogens (primary N) is 1. The molecular weight excluding hydrogens is 214 g/mol. The average Bonchev–Trinajstić information content (AvgIpc) is 2.26. The van der Waals surface area contributed by atoms with Gasteiger partial charge in [0.25, 0.3) is 0 Å². The van der Waals surface area contributed by atoms with Crippen molar-refractivity contribution in [2.75, 3.05) is 17.6 Å². The normalized spacial score (nSPS) is 12.2. The van der Waals surface area contributed by atoms with Crippen LogP contribution < -0.4 is 11.1 Å². The van der Waals surface area contributed by atoms with Gasteiger partial charge in [0, 0.05) is 6.54 Å². The number of hydrogen-bond acceptors (Lipinski definition) is 4. The minimum absolute atomic E-state index is 0.384. The van der Waals surface area contributed by atoms with Crippen LogP contribution in [0.3, 0.4) is 0 Å². The van der Waals surface area contributed by atoms with E-state index < -0.39 is 0 Å². The third-order valence-electron chi connectivity index (χ3n) is 2.45. The number of nitriles is 1. The highest BCUT2D eigenvalue weighted by Gasteiger charge is 2.07. The van der Waals surface area contributed by atoms with Crippen LogP contribution in [0, 0.1) is 17.2 Å². The summed E-state index contributed by atoms with van der Waals surface area (Å²) in [5.74, 6) is 0.463. The number of nitrogens with zero attached hydrogens (tertiary/aromatic N) is 1. The van der Waals surface area contributed by atoms with Gasteiger partial charge in [0.1, 0.15) is 0 Å². The zero-order valence-electron chi connectivity index (χ0n) is 10.3. The number of benzene rings is 1. The fraction of sp³-hybridized carbons (Fsp3) is 0.462. The van der Waals surface area contributed by atoms with Gasteiger partial charge in [-0.3, -0.25) is 0 Å². The van der Waals surface area contributed by atoms with Crippen LogP contribution in [0.2, 0.25) is 0 Å². The zero-order valence-corrected chi connectivity index (χ0v) is 10.3. The van der Waals surface area contributed by atoms with Gasteiger partial charge in [-0.15, -0.1) is 0 Å². The molecule has 0 aliphatic rings. The summed E-state index contributed by atoms with van der Waals surface area (Å²) in [6.07, 6.45) is 0.369. The van der Waals surface area contributed by atoms with Crippen molar-refractivity contribution in [3.63, 3.8) is 0 Å². The fourth-order valence-electron chi connectivity index (χ4n) is 1.65. The molecule has 0 heterocycles. The average molecular weight is 233 g/mol. The summed E-state index contributed by atoms with van der Waals surface area (Å²) in [4.78, 5) is 0. The third kappa shape index (κ3) is 4.33. The van der Waals surface area contributed by atoms with Gasteiger partial charge in [0.05, 0.1) is 29.1 Å². The maximum atomic E-state index is 9.72. The van der Waals surface area contributed by atoms with Crippen molar-refractivity contribution >= 4 is 11.4 Å². The standard InChI is InChI=1S/C13H19N3O/c1-9(2)5-11(17)8-16-13-4-3-10(7-14)6-12(13)15/h3-4,6,9,11,16-17H,5,8,15H2,1-2H3. The fourth-order valence-corrected chi connectivity index (χ4v) is 1.65. The van der Waals surface area contributed by atoms with Crippen LogP contribution in [0.4, 0.5) is 11.4 Å². The Morgan fingerprint density at radius 1 is 1.47 bits per heavy atom. The van der Waals surface area contributed by atoms with Gasteiger partial charge in [-0.2, -0.15) is 5.26 Å². The van der Waals surface area contributed by atoms with Crippen molar-refractivity contribution in [1.82, 2.24) is 0 Å². The van der Waals surface area contributed by atoms with Gasteiger partial charge in [0.2, 0.25) is 0 Å². The van der Waals surface area contributed by atoms with Crippen LogP contribution >= 0.6 is 0 Å². The molecule has 92 valence electrons. The Morgan fingerprint density at radius 3 is 2.71 bits per heavy atom. The van der Waals surface area contributed by atoms with E-state index in [0.29, 0.717) is 23.7 Å². The zero-order chi connectivity index (χ0) is 12.8. The van der Waals surface area contributed by atoms with E-state index in [1.54, 1.807) is 18.2 Å². The number of hydrogen-bond donors (Lipinski definition) is 3. The van der Waals surface area contributed by atoms with Crippen LogP contribution in [0.25, 0.3) is 0 Å². The second kappa shape index (κ2) is 6.12. The Kier molecular flexibility index (Phi) is 4.80. The minimum Gasteiger partial charge on any atom is -0.397 e. The Bertz CT molecular complexity index is 410. The van der Waals surface area contributed by atoms with Crippen molar-refractivity contribution in [1.29, 1.82) is 5.26 Å². The van der Waals surface area contributed by atoms with Crippen molar-refractivity contribution in [2.24, 2.45) is 5.92 Å². The molecule has 0 aliphatic heterocycles. The molecule has 4 N–H and O–H groups in total. The Labute approximate surface area is 102 Å². The van der Waals surface area contributed by atoms with Crippen LogP contribution in [0.1, 0.15) is 25.8 Å². The molecule has 1 aromatic carbocycles. The Hall–Kier alpha value is -1.73. The molecule has 0 aliphatic carbocycles. The number of nitrogen functional groups attached to an aromatic ring is 1. The minimum atomic E-state index is -0.384. The van der Waals surface area contributed by atoms with E-state index in [9.17, 15) is 5.11 Å². The molecular formula is C13H19N3O. The maximum absolute atomic E-state index is 9.72. The highest BCUT2D eigenvalue weighted by atomic mass is 16.3. The predicted molar refractivity (Wildman–Crippen MR) is 69.5 cm³/mol. The van der Waals surface area contributed by atoms with E-state index in [1.165, 1.54) is 0 Å². The summed E-state index contributed by atoms with van der Waals surface area (Å²) in [7, 11) is 0. The van der Waals surface area contributed by atoms with E-state index in [0.717, 1.165) is 12.1 Å². The molecule has 1 unspecified atom stereocenters. The lowest BCUT2D eigenvalue weighted by atomic mass is 10.1. The number of rotatable bonds is 5. The highest BCUT2D eigenvalue weighted by molar-refractivity contribution is 5.68. The van der Waals surface area contributed by atoms with Crippen LogP contribution in [0.5, 0.6) is 0 Å². The number of aliphatic hydroxyl groups excluding tert-OH is 1. The van der Waals surface area contributed by atoms with Gasteiger partial charge >= 0.3 is 0 Å². The largest absolute Gasteiger partial charge is 0.397 e. The highest BCUT2D eigenvalue weighted by Crippen LogP contribution is 2.19. The number of nitrogens with one attached hydrogen (secondary N) is 1. The lowest BCUT2D eigenvalue weighted by Gasteiger charge is -2.15. The summed E-state index contributed by atoms with van der Waals surface area (Å²) in [6.45, 7) is 4.60. The summed E-state index contributed by atoms with van der Waals surface area (Å²) >= 11 is 0. The van der Waals surface area contributed by atoms with Gasteiger partial charge < -0.3 is 16.2 Å². The van der Waals surface area contributed by atoms with Gasteiger partial charge in [-0.05, 0) is 30.5 Å². The van der Waals surface area contributed by atoms with Crippen molar-refractivity contribution < 1.29 is 5.11 Å². The van der Waals surface area contributed by atoms with E-state index >= 15 is 0 Å². The van der Waals surface area contributed by atoms with Crippen LogP contribution in [0.15, 0.2) is 18.2 Å². The summed E-state index contributed by atoms with van der Waals surface area (Å²) < 4.78 is 0. The molecule has 0 saturated carbocycles. The predicted octanol–water partition coefficient (Wildman–Crippen LogP) is 1.96. The molecule has 1 atom stereocenters. The number of aliphatic hydroxyl groups is 1. The molecule has 0 amide bonds. The molecule has 0 radical (unpaired) electrons. The van der Waals surface area contributed by atoms with Crippen LogP contribution in [-0.2, 0) is 0 Å². The first-order valence-corrected chi connectivity index (χ1v) is 5.74. The first kappa shape index (κ1) is 13.3. The molecule has 0 saturated heterocycles. The van der Waals surface area contributed by atoms with E-state index in [2.05, 4.69) is 19.2 Å². The van der Waals surface area contributed by atoms with E-state index in [-0.39, 0.29) is 6.10 Å². The van der Waals surface area contributed by atoms with Crippen molar-refractivity contribution in [3.8, 4) is 6.07 Å². The molecule has 1 aromatic rings. The van der Waals surface area contributed by atoms with Crippen LogP contribution in [-0.4, -0.2) is 17.8 Å². The molecule has 1 rings (SSSR count). The Balaban J connectivity index is 2.55. The lowest BCUT2D eigenvalue weighted by Crippen LogP contribution is -2.21. The molecule has 0 spiro atoms. The third-order valence-corrected chi connectivity index (χ3v) is 2.45. The second-order valence-electron chi connectivity index (χ2n) is 4.58.